The minimum Gasteiger partial charge on any atom is -0.475 e. The van der Waals surface area contributed by atoms with Gasteiger partial charge in [-0.2, -0.15) is 0 Å². The largest absolute Gasteiger partial charge is 0.475 e. The van der Waals surface area contributed by atoms with Crippen LogP contribution in [0.1, 0.15) is 38.4 Å². The zero-order valence-corrected chi connectivity index (χ0v) is 13.5. The maximum atomic E-state index is 9.32. The molecule has 0 fully saturated rings. The quantitative estimate of drug-likeness (QED) is 0.709. The van der Waals surface area contributed by atoms with E-state index in [4.69, 9.17) is 14.2 Å². The second-order valence-electron chi connectivity index (χ2n) is 5.91. The normalized spacial score (nSPS) is 11.7. The predicted molar refractivity (Wildman–Crippen MR) is 81.7 cm³/mol. The Labute approximate surface area is 127 Å². The first kappa shape index (κ1) is 17.9. The van der Waals surface area contributed by atoms with Crippen LogP contribution in [-0.4, -0.2) is 43.6 Å². The number of hydrogen-bond acceptors (Lipinski definition) is 5. The Kier molecular flexibility index (Phi) is 7.64. The molecule has 0 aliphatic carbocycles. The Morgan fingerprint density at radius 3 is 2.48 bits per heavy atom. The van der Waals surface area contributed by atoms with E-state index in [1.54, 1.807) is 13.2 Å². The zero-order valence-electron chi connectivity index (χ0n) is 13.5. The molecule has 0 aliphatic rings. The van der Waals surface area contributed by atoms with Crippen LogP contribution in [0.4, 0.5) is 0 Å². The Hall–Kier alpha value is -1.17. The average molecular weight is 297 g/mol. The Morgan fingerprint density at radius 1 is 1.10 bits per heavy atom. The Morgan fingerprint density at radius 2 is 1.86 bits per heavy atom. The van der Waals surface area contributed by atoms with Crippen LogP contribution in [0.2, 0.25) is 0 Å². The summed E-state index contributed by atoms with van der Waals surface area (Å²) in [4.78, 5) is 4.49. The smallest absolute Gasteiger partial charge is 0.213 e. The molecule has 0 aliphatic heterocycles. The summed E-state index contributed by atoms with van der Waals surface area (Å²) in [6.45, 7) is 8.55. The van der Waals surface area contributed by atoms with Crippen LogP contribution in [-0.2, 0) is 21.5 Å². The molecule has 1 aromatic heterocycles. The van der Waals surface area contributed by atoms with Gasteiger partial charge in [0.15, 0.2) is 0 Å². The van der Waals surface area contributed by atoms with Crippen LogP contribution in [0.15, 0.2) is 12.1 Å². The summed E-state index contributed by atoms with van der Waals surface area (Å²) in [6.07, 6.45) is 0.878. The number of aliphatic hydroxyl groups is 1. The molecule has 1 heterocycles. The standard InChI is InChI=1S/C16H27NO4/c1-16(2,3)14-10-13(12-18)11-15(17-14)21-9-8-20-7-5-6-19-4/h10-11,18H,5-9,12H2,1-4H3. The highest BCUT2D eigenvalue weighted by molar-refractivity contribution is 5.28. The highest BCUT2D eigenvalue weighted by Gasteiger charge is 2.17. The van der Waals surface area contributed by atoms with E-state index < -0.39 is 0 Å². The lowest BCUT2D eigenvalue weighted by Crippen LogP contribution is -2.16. The minimum absolute atomic E-state index is 0.0184. The molecule has 5 nitrogen and oxygen atoms in total. The summed E-state index contributed by atoms with van der Waals surface area (Å²) in [5.41, 5.74) is 1.64. The third-order valence-corrected chi connectivity index (χ3v) is 2.93. The van der Waals surface area contributed by atoms with E-state index in [9.17, 15) is 5.11 Å². The fourth-order valence-corrected chi connectivity index (χ4v) is 1.72. The van der Waals surface area contributed by atoms with Gasteiger partial charge in [0.2, 0.25) is 5.88 Å². The van der Waals surface area contributed by atoms with Crippen molar-refractivity contribution < 1.29 is 19.3 Å². The summed E-state index contributed by atoms with van der Waals surface area (Å²) in [7, 11) is 1.68. The summed E-state index contributed by atoms with van der Waals surface area (Å²) in [6, 6.07) is 3.67. The monoisotopic (exact) mass is 297 g/mol. The molecule has 0 aromatic carbocycles. The van der Waals surface area contributed by atoms with Crippen molar-refractivity contribution in [2.24, 2.45) is 0 Å². The third kappa shape index (κ3) is 6.89. The lowest BCUT2D eigenvalue weighted by Gasteiger charge is -2.19. The zero-order chi connectivity index (χ0) is 15.7. The van der Waals surface area contributed by atoms with Crippen LogP contribution in [0, 0.1) is 0 Å². The van der Waals surface area contributed by atoms with E-state index in [-0.39, 0.29) is 12.0 Å². The highest BCUT2D eigenvalue weighted by atomic mass is 16.5. The number of rotatable bonds is 9. The Bertz CT molecular complexity index is 415. The van der Waals surface area contributed by atoms with E-state index in [1.807, 2.05) is 6.07 Å². The van der Waals surface area contributed by atoms with Gasteiger partial charge >= 0.3 is 0 Å². The van der Waals surface area contributed by atoms with Crippen molar-refractivity contribution in [3.05, 3.63) is 23.4 Å². The molecule has 1 N–H and O–H groups in total. The molecular formula is C16H27NO4. The van der Waals surface area contributed by atoms with E-state index in [0.29, 0.717) is 32.3 Å². The summed E-state index contributed by atoms with van der Waals surface area (Å²) >= 11 is 0. The molecule has 5 heteroatoms. The maximum absolute atomic E-state index is 9.32. The van der Waals surface area contributed by atoms with Crippen molar-refractivity contribution in [1.82, 2.24) is 4.98 Å². The van der Waals surface area contributed by atoms with Crippen molar-refractivity contribution in [3.63, 3.8) is 0 Å². The molecule has 0 atom stereocenters. The molecule has 0 spiro atoms. The van der Waals surface area contributed by atoms with Gasteiger partial charge in [-0.15, -0.1) is 0 Å². The first-order chi connectivity index (χ1) is 9.97. The van der Waals surface area contributed by atoms with E-state index in [0.717, 1.165) is 17.7 Å². The van der Waals surface area contributed by atoms with Gasteiger partial charge in [0, 0.05) is 31.8 Å². The second kappa shape index (κ2) is 8.97. The minimum atomic E-state index is -0.0834. The summed E-state index contributed by atoms with van der Waals surface area (Å²) in [5.74, 6) is 0.534. The molecule has 1 rings (SSSR count). The molecule has 0 bridgehead atoms. The average Bonchev–Trinajstić information content (AvgIpc) is 2.45. The second-order valence-corrected chi connectivity index (χ2v) is 5.91. The number of methoxy groups -OCH3 is 1. The Balaban J connectivity index is 2.47. The number of aliphatic hydroxyl groups excluding tert-OH is 1. The van der Waals surface area contributed by atoms with E-state index >= 15 is 0 Å². The van der Waals surface area contributed by atoms with Crippen molar-refractivity contribution in [2.75, 3.05) is 33.5 Å². The topological polar surface area (TPSA) is 60.8 Å². The molecule has 0 saturated heterocycles. The van der Waals surface area contributed by atoms with Gasteiger partial charge in [-0.25, -0.2) is 4.98 Å². The summed E-state index contributed by atoms with van der Waals surface area (Å²) < 4.78 is 16.0. The molecule has 0 amide bonds. The SMILES string of the molecule is COCCCOCCOc1cc(CO)cc(C(C)(C)C)n1. The van der Waals surface area contributed by atoms with Gasteiger partial charge in [0.25, 0.3) is 0 Å². The maximum Gasteiger partial charge on any atom is 0.213 e. The van der Waals surface area contributed by atoms with Gasteiger partial charge in [-0.05, 0) is 18.1 Å². The molecule has 1 aromatic rings. The first-order valence-corrected chi connectivity index (χ1v) is 7.29. The van der Waals surface area contributed by atoms with Crippen molar-refractivity contribution >= 4 is 0 Å². The number of pyridine rings is 1. The number of nitrogens with zero attached hydrogens (tertiary/aromatic N) is 1. The first-order valence-electron chi connectivity index (χ1n) is 7.29. The summed E-state index contributed by atoms with van der Waals surface area (Å²) in [5, 5.41) is 9.32. The van der Waals surface area contributed by atoms with Crippen LogP contribution in [0.25, 0.3) is 0 Å². The highest BCUT2D eigenvalue weighted by Crippen LogP contribution is 2.24. The fourth-order valence-electron chi connectivity index (χ4n) is 1.72. The van der Waals surface area contributed by atoms with E-state index in [1.165, 1.54) is 0 Å². The van der Waals surface area contributed by atoms with Gasteiger partial charge in [-0.3, -0.25) is 0 Å². The van der Waals surface area contributed by atoms with Crippen molar-refractivity contribution in [1.29, 1.82) is 0 Å². The fraction of sp³-hybridized carbons (Fsp3) is 0.688. The van der Waals surface area contributed by atoms with Crippen molar-refractivity contribution in [2.45, 2.75) is 39.2 Å². The van der Waals surface area contributed by atoms with Crippen LogP contribution < -0.4 is 4.74 Å². The number of hydrogen-bond donors (Lipinski definition) is 1. The van der Waals surface area contributed by atoms with Gasteiger partial charge in [0.05, 0.1) is 18.9 Å². The van der Waals surface area contributed by atoms with Crippen molar-refractivity contribution in [3.8, 4) is 5.88 Å². The number of ether oxygens (including phenoxy) is 3. The molecule has 0 unspecified atom stereocenters. The van der Waals surface area contributed by atoms with Gasteiger partial charge in [-0.1, -0.05) is 20.8 Å². The van der Waals surface area contributed by atoms with Crippen LogP contribution in [0.5, 0.6) is 5.88 Å². The van der Waals surface area contributed by atoms with Crippen LogP contribution in [0.3, 0.4) is 0 Å². The predicted octanol–water partition coefficient (Wildman–Crippen LogP) is 2.30. The van der Waals surface area contributed by atoms with E-state index in [2.05, 4.69) is 25.8 Å². The number of aromatic nitrogens is 1. The molecule has 21 heavy (non-hydrogen) atoms. The van der Waals surface area contributed by atoms with Gasteiger partial charge in [0.1, 0.15) is 6.61 Å². The lowest BCUT2D eigenvalue weighted by molar-refractivity contribution is 0.0794. The third-order valence-electron chi connectivity index (χ3n) is 2.93. The molecule has 0 saturated carbocycles. The molecule has 0 radical (unpaired) electrons. The molecular weight excluding hydrogens is 270 g/mol. The lowest BCUT2D eigenvalue weighted by atomic mass is 9.91. The van der Waals surface area contributed by atoms with Crippen LogP contribution >= 0.6 is 0 Å². The van der Waals surface area contributed by atoms with Gasteiger partial charge < -0.3 is 19.3 Å². The molecule has 120 valence electrons.